The minimum atomic E-state index is -0.110. The first-order valence-corrected chi connectivity index (χ1v) is 12.8. The number of aryl methyl sites for hydroxylation is 1. The van der Waals surface area contributed by atoms with Crippen LogP contribution in [0.5, 0.6) is 0 Å². The molecule has 0 amide bonds. The predicted octanol–water partition coefficient (Wildman–Crippen LogP) is 5.20. The van der Waals surface area contributed by atoms with Crippen molar-refractivity contribution in [1.82, 2.24) is 19.4 Å². The first-order chi connectivity index (χ1) is 17.8. The second kappa shape index (κ2) is 10.1. The van der Waals surface area contributed by atoms with E-state index in [1.165, 1.54) is 0 Å². The normalized spacial score (nSPS) is 19.1. The Morgan fingerprint density at radius 3 is 2.41 bits per heavy atom. The Hall–Kier alpha value is -3.44. The Balaban J connectivity index is 1.55. The van der Waals surface area contributed by atoms with E-state index in [0.717, 1.165) is 16.9 Å². The van der Waals surface area contributed by atoms with Crippen molar-refractivity contribution in [2.75, 3.05) is 18.0 Å². The number of nitrogens with zero attached hydrogens (tertiary/aromatic N) is 6. The third-order valence-electron chi connectivity index (χ3n) is 7.07. The molecule has 9 heteroatoms. The fourth-order valence-corrected chi connectivity index (χ4v) is 5.41. The Labute approximate surface area is 225 Å². The predicted molar refractivity (Wildman–Crippen MR) is 147 cm³/mol. The largest absolute Gasteiger partial charge is 0.364 e. The van der Waals surface area contributed by atoms with Gasteiger partial charge in [-0.3, -0.25) is 14.7 Å². The van der Waals surface area contributed by atoms with Crippen LogP contribution in [0.1, 0.15) is 36.8 Å². The molecular formula is C28H26Cl2N6O. The van der Waals surface area contributed by atoms with E-state index in [1.54, 1.807) is 36.0 Å². The lowest BCUT2D eigenvalue weighted by Gasteiger charge is -2.48. The lowest BCUT2D eigenvalue weighted by atomic mass is 9.96. The molecule has 188 valence electrons. The zero-order chi connectivity index (χ0) is 26.3. The van der Waals surface area contributed by atoms with Crippen LogP contribution in [0.15, 0.2) is 65.6 Å². The van der Waals surface area contributed by atoms with E-state index in [2.05, 4.69) is 39.7 Å². The van der Waals surface area contributed by atoms with Gasteiger partial charge in [0.05, 0.1) is 28.0 Å². The van der Waals surface area contributed by atoms with Gasteiger partial charge in [-0.05, 0) is 55.8 Å². The van der Waals surface area contributed by atoms with Crippen molar-refractivity contribution in [2.45, 2.75) is 32.0 Å². The third kappa shape index (κ3) is 4.80. The molecule has 0 aliphatic carbocycles. The van der Waals surface area contributed by atoms with Crippen molar-refractivity contribution in [1.29, 1.82) is 5.26 Å². The minimum Gasteiger partial charge on any atom is -0.364 e. The number of aromatic nitrogens is 3. The fourth-order valence-electron chi connectivity index (χ4n) is 5.17. The quantitative estimate of drug-likeness (QED) is 0.359. The Morgan fingerprint density at radius 2 is 1.73 bits per heavy atom. The van der Waals surface area contributed by atoms with E-state index in [-0.39, 0.29) is 23.7 Å². The van der Waals surface area contributed by atoms with E-state index in [0.29, 0.717) is 39.9 Å². The van der Waals surface area contributed by atoms with Crippen molar-refractivity contribution in [3.8, 4) is 6.07 Å². The van der Waals surface area contributed by atoms with E-state index >= 15 is 0 Å². The molecule has 3 atom stereocenters. The Morgan fingerprint density at radius 1 is 1.00 bits per heavy atom. The number of rotatable bonds is 4. The van der Waals surface area contributed by atoms with Gasteiger partial charge in [0, 0.05) is 49.5 Å². The molecule has 37 heavy (non-hydrogen) atoms. The standard InChI is InChI=1S/C28H26Cl2N6O/c1-17-16-36(28(19-4-6-20(29)7-5-19)23-10-8-21(30)14-32-23)18(2)15-35(17)25-12-26(37)34(3)24-11-9-22(13-31)33-27(24)25/h4-12,14,17-18,28H,15-16H2,1-3H3/t17-,18+,28?/m0/s1. The van der Waals surface area contributed by atoms with Crippen molar-refractivity contribution < 1.29 is 0 Å². The molecule has 1 saturated heterocycles. The van der Waals surface area contributed by atoms with Gasteiger partial charge in [0.2, 0.25) is 0 Å². The van der Waals surface area contributed by atoms with Gasteiger partial charge in [-0.2, -0.15) is 5.26 Å². The van der Waals surface area contributed by atoms with E-state index in [4.69, 9.17) is 23.2 Å². The van der Waals surface area contributed by atoms with Crippen LogP contribution in [0.2, 0.25) is 10.0 Å². The van der Waals surface area contributed by atoms with Gasteiger partial charge in [-0.1, -0.05) is 35.3 Å². The molecule has 7 nitrogen and oxygen atoms in total. The van der Waals surface area contributed by atoms with Gasteiger partial charge in [0.15, 0.2) is 0 Å². The van der Waals surface area contributed by atoms with Crippen molar-refractivity contribution >= 4 is 39.9 Å². The maximum Gasteiger partial charge on any atom is 0.252 e. The highest BCUT2D eigenvalue weighted by molar-refractivity contribution is 6.30. The summed E-state index contributed by atoms with van der Waals surface area (Å²) in [7, 11) is 1.72. The highest BCUT2D eigenvalue weighted by Gasteiger charge is 2.36. The number of hydrogen-bond donors (Lipinski definition) is 0. The number of piperazine rings is 1. The second-order valence-corrected chi connectivity index (χ2v) is 10.4. The molecule has 4 aromatic rings. The monoisotopic (exact) mass is 532 g/mol. The smallest absolute Gasteiger partial charge is 0.252 e. The van der Waals surface area contributed by atoms with Gasteiger partial charge in [-0.25, -0.2) is 4.98 Å². The maximum absolute atomic E-state index is 12.8. The molecule has 5 rings (SSSR count). The number of pyridine rings is 3. The summed E-state index contributed by atoms with van der Waals surface area (Å²) < 4.78 is 1.57. The van der Waals surface area contributed by atoms with Gasteiger partial charge in [-0.15, -0.1) is 0 Å². The number of anilines is 1. The summed E-state index contributed by atoms with van der Waals surface area (Å²) in [5, 5.41) is 10.7. The van der Waals surface area contributed by atoms with Gasteiger partial charge < -0.3 is 9.47 Å². The summed E-state index contributed by atoms with van der Waals surface area (Å²) in [5.74, 6) is 0. The molecule has 1 aliphatic heterocycles. The van der Waals surface area contributed by atoms with Crippen LogP contribution < -0.4 is 10.5 Å². The first-order valence-electron chi connectivity index (χ1n) is 12.1. The van der Waals surface area contributed by atoms with Crippen LogP contribution in [-0.2, 0) is 7.05 Å². The molecule has 0 bridgehead atoms. The number of halogens is 2. The SMILES string of the molecule is C[C@@H]1CN(c2cc(=O)n(C)c3ccc(C#N)nc23)[C@@H](C)CN1C(c1ccc(Cl)cc1)c1ccc(Cl)cn1. The summed E-state index contributed by atoms with van der Waals surface area (Å²) in [6.45, 7) is 5.70. The van der Waals surface area contributed by atoms with Gasteiger partial charge in [0.25, 0.3) is 5.56 Å². The molecule has 0 spiro atoms. The molecule has 0 radical (unpaired) electrons. The lowest BCUT2D eigenvalue weighted by Crippen LogP contribution is -2.57. The van der Waals surface area contributed by atoms with Crippen LogP contribution in [0.3, 0.4) is 0 Å². The average Bonchev–Trinajstić information content (AvgIpc) is 2.90. The van der Waals surface area contributed by atoms with Crippen LogP contribution in [-0.4, -0.2) is 44.6 Å². The van der Waals surface area contributed by atoms with Crippen molar-refractivity contribution in [3.63, 3.8) is 0 Å². The zero-order valence-corrected chi connectivity index (χ0v) is 22.3. The average molecular weight is 533 g/mol. The van der Waals surface area contributed by atoms with Gasteiger partial charge in [0.1, 0.15) is 17.3 Å². The van der Waals surface area contributed by atoms with Crippen molar-refractivity contribution in [2.24, 2.45) is 7.05 Å². The molecule has 1 aromatic carbocycles. The summed E-state index contributed by atoms with van der Waals surface area (Å²) in [5.41, 5.74) is 4.31. The second-order valence-electron chi connectivity index (χ2n) is 9.51. The molecule has 1 fully saturated rings. The Kier molecular flexibility index (Phi) is 6.91. The molecule has 3 aromatic heterocycles. The molecule has 0 saturated carbocycles. The Bertz CT molecular complexity index is 1500. The summed E-state index contributed by atoms with van der Waals surface area (Å²) in [6.07, 6.45) is 1.68. The highest BCUT2D eigenvalue weighted by Crippen LogP contribution is 2.35. The zero-order valence-electron chi connectivity index (χ0n) is 20.8. The molecular weight excluding hydrogens is 507 g/mol. The number of fused-ring (bicyclic) bond motifs is 1. The van der Waals surface area contributed by atoms with Crippen LogP contribution >= 0.6 is 23.2 Å². The number of benzene rings is 1. The molecule has 1 aliphatic rings. The van der Waals surface area contributed by atoms with E-state index in [1.807, 2.05) is 36.4 Å². The summed E-state index contributed by atoms with van der Waals surface area (Å²) in [6, 6.07) is 18.9. The topological polar surface area (TPSA) is 78.0 Å². The van der Waals surface area contributed by atoms with E-state index < -0.39 is 0 Å². The van der Waals surface area contributed by atoms with Crippen molar-refractivity contribution in [3.05, 3.63) is 98.1 Å². The third-order valence-corrected chi connectivity index (χ3v) is 7.55. The van der Waals surface area contributed by atoms with Gasteiger partial charge >= 0.3 is 0 Å². The number of nitriles is 1. The molecule has 1 unspecified atom stereocenters. The van der Waals surface area contributed by atoms with Crippen LogP contribution in [0, 0.1) is 11.3 Å². The number of hydrogen-bond acceptors (Lipinski definition) is 6. The summed E-state index contributed by atoms with van der Waals surface area (Å²) in [4.78, 5) is 26.7. The lowest BCUT2D eigenvalue weighted by molar-refractivity contribution is 0.128. The molecule has 4 heterocycles. The maximum atomic E-state index is 12.8. The van der Waals surface area contributed by atoms with E-state index in [9.17, 15) is 10.1 Å². The first kappa shape index (κ1) is 25.2. The fraction of sp³-hybridized carbons (Fsp3) is 0.286. The van der Waals surface area contributed by atoms with Crippen LogP contribution in [0.25, 0.3) is 11.0 Å². The van der Waals surface area contributed by atoms with Crippen LogP contribution in [0.4, 0.5) is 5.69 Å². The highest BCUT2D eigenvalue weighted by atomic mass is 35.5. The molecule has 0 N–H and O–H groups in total. The minimum absolute atomic E-state index is 0.0566. The summed E-state index contributed by atoms with van der Waals surface area (Å²) >= 11 is 12.3.